The summed E-state index contributed by atoms with van der Waals surface area (Å²) in [6.45, 7) is -0.215. The van der Waals surface area contributed by atoms with E-state index in [1.165, 1.54) is 29.5 Å². The Bertz CT molecular complexity index is 523. The lowest BCUT2D eigenvalue weighted by molar-refractivity contribution is -0.139. The minimum absolute atomic E-state index is 0.215. The molecule has 0 aliphatic rings. The van der Waals surface area contributed by atoms with Crippen LogP contribution in [0.15, 0.2) is 41.8 Å². The van der Waals surface area contributed by atoms with Crippen LogP contribution in [-0.4, -0.2) is 11.7 Å². The summed E-state index contributed by atoms with van der Waals surface area (Å²) >= 11 is 1.32. The van der Waals surface area contributed by atoms with Gasteiger partial charge < -0.3 is 9.84 Å². The number of hydrogen-bond donors (Lipinski definition) is 1. The van der Waals surface area contributed by atoms with Crippen molar-refractivity contribution in [1.82, 2.24) is 0 Å². The van der Waals surface area contributed by atoms with Gasteiger partial charge in [-0.15, -0.1) is 11.3 Å². The number of benzene rings is 1. The first-order valence-electron chi connectivity index (χ1n) is 5.49. The Morgan fingerprint density at radius 3 is 2.53 bits per heavy atom. The number of halogens is 3. The summed E-state index contributed by atoms with van der Waals surface area (Å²) in [4.78, 5) is 0.657. The second-order valence-electron chi connectivity index (χ2n) is 3.84. The highest BCUT2D eigenvalue weighted by atomic mass is 32.1. The smallest absolute Gasteiger partial charge is 0.419 e. The zero-order chi connectivity index (χ0) is 13.9. The third kappa shape index (κ3) is 3.48. The second-order valence-corrected chi connectivity index (χ2v) is 4.82. The number of para-hydroxylation sites is 1. The zero-order valence-corrected chi connectivity index (χ0v) is 10.5. The maximum atomic E-state index is 12.7. The van der Waals surface area contributed by atoms with Crippen LogP contribution in [0.2, 0.25) is 0 Å². The van der Waals surface area contributed by atoms with Crippen LogP contribution in [0.1, 0.15) is 16.5 Å². The van der Waals surface area contributed by atoms with Crippen molar-refractivity contribution in [3.8, 4) is 5.75 Å². The predicted molar refractivity (Wildman–Crippen MR) is 66.2 cm³/mol. The quantitative estimate of drug-likeness (QED) is 0.925. The first-order valence-corrected chi connectivity index (χ1v) is 6.37. The number of aliphatic hydroxyl groups is 1. The number of thiophene rings is 1. The van der Waals surface area contributed by atoms with Crippen LogP contribution in [0.25, 0.3) is 0 Å². The van der Waals surface area contributed by atoms with Crippen LogP contribution in [0, 0.1) is 0 Å². The molecular formula is C13H11F3O2S. The van der Waals surface area contributed by atoms with Gasteiger partial charge in [0.25, 0.3) is 0 Å². The van der Waals surface area contributed by atoms with Crippen molar-refractivity contribution in [2.75, 3.05) is 6.61 Å². The molecule has 19 heavy (non-hydrogen) atoms. The molecule has 0 fully saturated rings. The molecule has 0 saturated heterocycles. The molecule has 2 nitrogen and oxygen atoms in total. The molecule has 102 valence electrons. The Morgan fingerprint density at radius 2 is 1.89 bits per heavy atom. The van der Waals surface area contributed by atoms with Crippen LogP contribution in [-0.2, 0) is 6.18 Å². The zero-order valence-electron chi connectivity index (χ0n) is 9.72. The molecule has 1 aromatic carbocycles. The average molecular weight is 288 g/mol. The fourth-order valence-electron chi connectivity index (χ4n) is 1.56. The second kappa shape index (κ2) is 5.63. The molecule has 0 spiro atoms. The lowest BCUT2D eigenvalue weighted by atomic mass is 10.2. The first kappa shape index (κ1) is 13.9. The lowest BCUT2D eigenvalue weighted by Crippen LogP contribution is -2.12. The number of ether oxygens (including phenoxy) is 1. The van der Waals surface area contributed by atoms with E-state index in [0.717, 1.165) is 6.07 Å². The molecule has 0 saturated carbocycles. The fraction of sp³-hybridized carbons (Fsp3) is 0.231. The summed E-state index contributed by atoms with van der Waals surface area (Å²) < 4.78 is 43.2. The Hall–Kier alpha value is -1.53. The standard InChI is InChI=1S/C13H11F3O2S/c14-13(15,16)9-4-1-2-5-11(9)18-8-10(17)12-6-3-7-19-12/h1-7,10,17H,8H2. The van der Waals surface area contributed by atoms with E-state index in [4.69, 9.17) is 4.74 Å². The number of aliphatic hydroxyl groups excluding tert-OH is 1. The van der Waals surface area contributed by atoms with E-state index in [9.17, 15) is 18.3 Å². The van der Waals surface area contributed by atoms with Crippen LogP contribution in [0.3, 0.4) is 0 Å². The van der Waals surface area contributed by atoms with E-state index in [1.807, 2.05) is 0 Å². The van der Waals surface area contributed by atoms with Crippen molar-refractivity contribution >= 4 is 11.3 Å². The molecule has 1 heterocycles. The van der Waals surface area contributed by atoms with E-state index in [0.29, 0.717) is 4.88 Å². The van der Waals surface area contributed by atoms with Gasteiger partial charge in [-0.3, -0.25) is 0 Å². The predicted octanol–water partition coefficient (Wildman–Crippen LogP) is 3.88. The molecule has 2 aromatic rings. The summed E-state index contributed by atoms with van der Waals surface area (Å²) in [7, 11) is 0. The summed E-state index contributed by atoms with van der Waals surface area (Å²) in [5.74, 6) is -0.273. The van der Waals surface area contributed by atoms with Crippen molar-refractivity contribution in [2.24, 2.45) is 0 Å². The minimum atomic E-state index is -4.47. The van der Waals surface area contributed by atoms with Crippen molar-refractivity contribution in [3.63, 3.8) is 0 Å². The van der Waals surface area contributed by atoms with Gasteiger partial charge in [0.05, 0.1) is 5.56 Å². The molecule has 0 aliphatic carbocycles. The van der Waals surface area contributed by atoms with Gasteiger partial charge in [-0.1, -0.05) is 18.2 Å². The summed E-state index contributed by atoms with van der Waals surface area (Å²) in [5.41, 5.74) is -0.839. The van der Waals surface area contributed by atoms with Gasteiger partial charge in [0.1, 0.15) is 18.5 Å². The number of alkyl halides is 3. The van der Waals surface area contributed by atoms with Gasteiger partial charge in [0, 0.05) is 4.88 Å². The van der Waals surface area contributed by atoms with Crippen molar-refractivity contribution in [2.45, 2.75) is 12.3 Å². The molecule has 0 radical (unpaired) electrons. The van der Waals surface area contributed by atoms with Gasteiger partial charge in [-0.25, -0.2) is 0 Å². The van der Waals surface area contributed by atoms with E-state index in [1.54, 1.807) is 17.5 Å². The first-order chi connectivity index (χ1) is 8.98. The van der Waals surface area contributed by atoms with Crippen LogP contribution in [0.4, 0.5) is 13.2 Å². The summed E-state index contributed by atoms with van der Waals surface area (Å²) in [5, 5.41) is 11.5. The maximum Gasteiger partial charge on any atom is 0.419 e. The van der Waals surface area contributed by atoms with Crippen molar-refractivity contribution in [3.05, 3.63) is 52.2 Å². The Morgan fingerprint density at radius 1 is 1.16 bits per heavy atom. The highest BCUT2D eigenvalue weighted by Crippen LogP contribution is 2.36. The Balaban J connectivity index is 2.08. The summed E-state index contributed by atoms with van der Waals surface area (Å²) in [6.07, 6.45) is -5.40. The van der Waals surface area contributed by atoms with Gasteiger partial charge in [-0.05, 0) is 23.6 Å². The minimum Gasteiger partial charge on any atom is -0.490 e. The summed E-state index contributed by atoms with van der Waals surface area (Å²) in [6, 6.07) is 8.41. The molecule has 0 amide bonds. The molecule has 2 rings (SSSR count). The molecular weight excluding hydrogens is 277 g/mol. The normalized spacial score (nSPS) is 13.3. The fourth-order valence-corrected chi connectivity index (χ4v) is 2.25. The molecule has 6 heteroatoms. The average Bonchev–Trinajstić information content (AvgIpc) is 2.89. The SMILES string of the molecule is OC(COc1ccccc1C(F)(F)F)c1cccs1. The van der Waals surface area contributed by atoms with E-state index >= 15 is 0 Å². The van der Waals surface area contributed by atoms with Gasteiger partial charge in [0.15, 0.2) is 0 Å². The molecule has 1 N–H and O–H groups in total. The van der Waals surface area contributed by atoms with Gasteiger partial charge in [0.2, 0.25) is 0 Å². The molecule has 1 aromatic heterocycles. The Kier molecular flexibility index (Phi) is 4.11. The monoisotopic (exact) mass is 288 g/mol. The maximum absolute atomic E-state index is 12.7. The van der Waals surface area contributed by atoms with Crippen LogP contribution >= 0.6 is 11.3 Å². The highest BCUT2D eigenvalue weighted by Gasteiger charge is 2.34. The van der Waals surface area contributed by atoms with Crippen molar-refractivity contribution in [1.29, 1.82) is 0 Å². The molecule has 0 bridgehead atoms. The van der Waals surface area contributed by atoms with Crippen molar-refractivity contribution < 1.29 is 23.0 Å². The third-order valence-electron chi connectivity index (χ3n) is 2.46. The Labute approximate surface area is 112 Å². The van der Waals surface area contributed by atoms with E-state index in [2.05, 4.69) is 0 Å². The largest absolute Gasteiger partial charge is 0.490 e. The van der Waals surface area contributed by atoms with Gasteiger partial charge >= 0.3 is 6.18 Å². The number of rotatable bonds is 4. The van der Waals surface area contributed by atoms with Crippen LogP contribution < -0.4 is 4.74 Å². The van der Waals surface area contributed by atoms with Crippen LogP contribution in [0.5, 0.6) is 5.75 Å². The highest BCUT2D eigenvalue weighted by molar-refractivity contribution is 7.10. The number of hydrogen-bond acceptors (Lipinski definition) is 3. The topological polar surface area (TPSA) is 29.5 Å². The molecule has 1 unspecified atom stereocenters. The van der Waals surface area contributed by atoms with E-state index in [-0.39, 0.29) is 12.4 Å². The molecule has 0 aliphatic heterocycles. The molecule has 1 atom stereocenters. The lowest BCUT2D eigenvalue weighted by Gasteiger charge is -2.15. The van der Waals surface area contributed by atoms with Gasteiger partial charge in [-0.2, -0.15) is 13.2 Å². The van der Waals surface area contributed by atoms with E-state index < -0.39 is 17.8 Å². The third-order valence-corrected chi connectivity index (χ3v) is 3.43.